The standard InChI is InChI=1S/C14H26N2O3S2/c1-16(2)14(6-3-4-7-14)11-15-13(17)9-20-12-5-8-21(18,19)10-12/h12H,3-11H2,1-2H3,(H,15,17). The predicted octanol–water partition coefficient (Wildman–Crippen LogP) is 0.897. The maximum atomic E-state index is 12.0. The molecule has 0 bridgehead atoms. The number of likely N-dealkylation sites (N-methyl/N-ethyl adjacent to an activating group) is 1. The largest absolute Gasteiger partial charge is 0.354 e. The molecule has 1 amide bonds. The average Bonchev–Trinajstić information content (AvgIpc) is 3.01. The fourth-order valence-electron chi connectivity index (χ4n) is 3.22. The molecule has 2 aliphatic rings. The molecule has 122 valence electrons. The van der Waals surface area contributed by atoms with E-state index in [2.05, 4.69) is 24.3 Å². The predicted molar refractivity (Wildman–Crippen MR) is 87.4 cm³/mol. The summed E-state index contributed by atoms with van der Waals surface area (Å²) in [4.78, 5) is 14.2. The lowest BCUT2D eigenvalue weighted by molar-refractivity contribution is -0.119. The van der Waals surface area contributed by atoms with E-state index in [1.165, 1.54) is 24.6 Å². The molecule has 0 spiro atoms. The highest BCUT2D eigenvalue weighted by atomic mass is 32.2. The van der Waals surface area contributed by atoms with Crippen LogP contribution in [0.15, 0.2) is 0 Å². The second kappa shape index (κ2) is 6.87. The van der Waals surface area contributed by atoms with Crippen LogP contribution in [0.1, 0.15) is 32.1 Å². The minimum Gasteiger partial charge on any atom is -0.354 e. The van der Waals surface area contributed by atoms with Crippen molar-refractivity contribution in [2.45, 2.75) is 42.9 Å². The highest BCUT2D eigenvalue weighted by Crippen LogP contribution is 2.33. The summed E-state index contributed by atoms with van der Waals surface area (Å²) >= 11 is 1.48. The van der Waals surface area contributed by atoms with Gasteiger partial charge in [-0.2, -0.15) is 0 Å². The molecule has 5 nitrogen and oxygen atoms in total. The van der Waals surface area contributed by atoms with Crippen LogP contribution in [0.3, 0.4) is 0 Å². The van der Waals surface area contributed by atoms with Gasteiger partial charge in [0.05, 0.1) is 17.3 Å². The summed E-state index contributed by atoms with van der Waals surface area (Å²) in [6.45, 7) is 0.697. The molecular formula is C14H26N2O3S2. The molecule has 2 rings (SSSR count). The number of carbonyl (C=O) groups is 1. The zero-order valence-corrected chi connectivity index (χ0v) is 14.6. The molecule has 0 radical (unpaired) electrons. The van der Waals surface area contributed by atoms with Gasteiger partial charge in [0.2, 0.25) is 5.91 Å². The van der Waals surface area contributed by atoms with Crippen LogP contribution in [-0.2, 0) is 14.6 Å². The smallest absolute Gasteiger partial charge is 0.230 e. The Bertz CT molecular complexity index is 471. The van der Waals surface area contributed by atoms with Crippen molar-refractivity contribution in [1.82, 2.24) is 10.2 Å². The van der Waals surface area contributed by atoms with E-state index >= 15 is 0 Å². The molecule has 0 aromatic heterocycles. The Balaban J connectivity index is 1.72. The summed E-state index contributed by atoms with van der Waals surface area (Å²) in [5.41, 5.74) is 0.108. The summed E-state index contributed by atoms with van der Waals surface area (Å²) in [5, 5.41) is 3.13. The van der Waals surface area contributed by atoms with E-state index < -0.39 is 9.84 Å². The first kappa shape index (κ1) is 17.1. The van der Waals surface area contributed by atoms with Crippen LogP contribution in [0.5, 0.6) is 0 Å². The van der Waals surface area contributed by atoms with Crippen LogP contribution in [0.25, 0.3) is 0 Å². The molecule has 2 fully saturated rings. The minimum atomic E-state index is -2.85. The lowest BCUT2D eigenvalue weighted by Gasteiger charge is -2.36. The van der Waals surface area contributed by atoms with Gasteiger partial charge in [0.1, 0.15) is 0 Å². The Morgan fingerprint density at radius 1 is 1.33 bits per heavy atom. The van der Waals surface area contributed by atoms with Crippen LogP contribution >= 0.6 is 11.8 Å². The third-order valence-electron chi connectivity index (χ3n) is 4.74. The lowest BCUT2D eigenvalue weighted by Crippen LogP contribution is -2.51. The highest BCUT2D eigenvalue weighted by Gasteiger charge is 2.36. The maximum absolute atomic E-state index is 12.0. The Kier molecular flexibility index (Phi) is 5.59. The van der Waals surface area contributed by atoms with Gasteiger partial charge in [0.25, 0.3) is 0 Å². The second-order valence-corrected chi connectivity index (χ2v) is 9.96. The van der Waals surface area contributed by atoms with Crippen molar-refractivity contribution >= 4 is 27.5 Å². The van der Waals surface area contributed by atoms with Crippen molar-refractivity contribution in [3.05, 3.63) is 0 Å². The Morgan fingerprint density at radius 2 is 2.00 bits per heavy atom. The summed E-state index contributed by atoms with van der Waals surface area (Å²) < 4.78 is 22.8. The fraction of sp³-hybridized carbons (Fsp3) is 0.929. The molecular weight excluding hydrogens is 308 g/mol. The van der Waals surface area contributed by atoms with Gasteiger partial charge >= 0.3 is 0 Å². The van der Waals surface area contributed by atoms with Gasteiger partial charge in [-0.05, 0) is 33.4 Å². The monoisotopic (exact) mass is 334 g/mol. The number of thioether (sulfide) groups is 1. The molecule has 0 aromatic rings. The fourth-order valence-corrected chi connectivity index (χ4v) is 6.69. The van der Waals surface area contributed by atoms with E-state index in [1.807, 2.05) is 0 Å². The molecule has 0 aromatic carbocycles. The molecule has 21 heavy (non-hydrogen) atoms. The zero-order valence-electron chi connectivity index (χ0n) is 12.9. The zero-order chi connectivity index (χ0) is 15.5. The molecule has 1 aliphatic heterocycles. The third-order valence-corrected chi connectivity index (χ3v) is 8.02. The van der Waals surface area contributed by atoms with Crippen molar-refractivity contribution in [3.8, 4) is 0 Å². The lowest BCUT2D eigenvalue weighted by atomic mass is 9.96. The van der Waals surface area contributed by atoms with E-state index in [9.17, 15) is 13.2 Å². The van der Waals surface area contributed by atoms with Gasteiger partial charge in [0.15, 0.2) is 9.84 Å². The van der Waals surface area contributed by atoms with Crippen LogP contribution in [0, 0.1) is 0 Å². The van der Waals surface area contributed by atoms with E-state index in [-0.39, 0.29) is 28.2 Å². The molecule has 1 saturated carbocycles. The first-order valence-corrected chi connectivity index (χ1v) is 10.5. The van der Waals surface area contributed by atoms with Crippen molar-refractivity contribution in [2.24, 2.45) is 0 Å². The molecule has 1 saturated heterocycles. The van der Waals surface area contributed by atoms with E-state index in [4.69, 9.17) is 0 Å². The van der Waals surface area contributed by atoms with Crippen LogP contribution < -0.4 is 5.32 Å². The van der Waals surface area contributed by atoms with Crippen LogP contribution in [0.4, 0.5) is 0 Å². The van der Waals surface area contributed by atoms with E-state index in [0.29, 0.717) is 18.7 Å². The highest BCUT2D eigenvalue weighted by molar-refractivity contribution is 8.02. The van der Waals surface area contributed by atoms with E-state index in [1.54, 1.807) is 0 Å². The first-order valence-electron chi connectivity index (χ1n) is 7.59. The van der Waals surface area contributed by atoms with Crippen molar-refractivity contribution < 1.29 is 13.2 Å². The summed E-state index contributed by atoms with van der Waals surface area (Å²) in [6.07, 6.45) is 5.40. The SMILES string of the molecule is CN(C)C1(CNC(=O)CSC2CCS(=O)(=O)C2)CCCC1. The number of nitrogens with zero attached hydrogens (tertiary/aromatic N) is 1. The molecule has 7 heteroatoms. The number of hydrogen-bond acceptors (Lipinski definition) is 5. The second-order valence-electron chi connectivity index (χ2n) is 6.44. The topological polar surface area (TPSA) is 66.5 Å². The Labute approximate surface area is 132 Å². The van der Waals surface area contributed by atoms with Gasteiger partial charge < -0.3 is 10.2 Å². The molecule has 1 heterocycles. The van der Waals surface area contributed by atoms with Gasteiger partial charge in [0, 0.05) is 17.3 Å². The first-order chi connectivity index (χ1) is 9.83. The molecule has 1 unspecified atom stereocenters. The van der Waals surface area contributed by atoms with Crippen LogP contribution in [-0.4, -0.2) is 67.9 Å². The average molecular weight is 335 g/mol. The van der Waals surface area contributed by atoms with Crippen molar-refractivity contribution in [3.63, 3.8) is 0 Å². The van der Waals surface area contributed by atoms with E-state index in [0.717, 1.165) is 12.8 Å². The quantitative estimate of drug-likeness (QED) is 0.782. The van der Waals surface area contributed by atoms with Gasteiger partial charge in [-0.25, -0.2) is 8.42 Å². The third kappa shape index (κ3) is 4.60. The number of amides is 1. The summed E-state index contributed by atoms with van der Waals surface area (Å²) in [5.74, 6) is 0.893. The number of nitrogens with one attached hydrogen (secondary N) is 1. The van der Waals surface area contributed by atoms with Crippen LogP contribution in [0.2, 0.25) is 0 Å². The number of sulfone groups is 1. The Morgan fingerprint density at radius 3 is 2.52 bits per heavy atom. The van der Waals surface area contributed by atoms with Crippen molar-refractivity contribution in [2.75, 3.05) is 37.9 Å². The Hall–Kier alpha value is -0.270. The molecule has 1 N–H and O–H groups in total. The van der Waals surface area contributed by atoms with Gasteiger partial charge in [-0.3, -0.25) is 4.79 Å². The van der Waals surface area contributed by atoms with Gasteiger partial charge in [-0.15, -0.1) is 11.8 Å². The minimum absolute atomic E-state index is 0.0254. The normalized spacial score (nSPS) is 27.1. The van der Waals surface area contributed by atoms with Crippen molar-refractivity contribution in [1.29, 1.82) is 0 Å². The van der Waals surface area contributed by atoms with Gasteiger partial charge in [-0.1, -0.05) is 12.8 Å². The number of carbonyl (C=O) groups excluding carboxylic acids is 1. The molecule has 1 atom stereocenters. The number of rotatable bonds is 6. The summed E-state index contributed by atoms with van der Waals surface area (Å²) in [7, 11) is 1.31. The maximum Gasteiger partial charge on any atom is 0.230 e. The summed E-state index contributed by atoms with van der Waals surface area (Å²) in [6, 6.07) is 0. The molecule has 1 aliphatic carbocycles. The number of hydrogen-bond donors (Lipinski definition) is 1.